The van der Waals surface area contributed by atoms with Crippen LogP contribution in [-0.4, -0.2) is 29.1 Å². The van der Waals surface area contributed by atoms with Gasteiger partial charge in [-0.25, -0.2) is 4.79 Å². The first-order valence-electron chi connectivity index (χ1n) is 13.7. The molecule has 0 aliphatic heterocycles. The molecule has 7 heteroatoms. The van der Waals surface area contributed by atoms with E-state index in [9.17, 15) is 19.5 Å². The minimum atomic E-state index is -1.03. The number of aromatic carboxylic acids is 1. The van der Waals surface area contributed by atoms with Crippen molar-refractivity contribution in [2.45, 2.75) is 112 Å². The van der Waals surface area contributed by atoms with Crippen molar-refractivity contribution >= 4 is 34.9 Å². The van der Waals surface area contributed by atoms with Crippen LogP contribution in [0.2, 0.25) is 0 Å². The lowest BCUT2D eigenvalue weighted by molar-refractivity contribution is -0.151. The minimum absolute atomic E-state index is 0.0121. The highest BCUT2D eigenvalue weighted by atomic mass is 32.1. The molecule has 0 unspecified atom stereocenters. The topological polar surface area (TPSA) is 92.7 Å². The van der Waals surface area contributed by atoms with Crippen LogP contribution in [0.15, 0.2) is 6.07 Å². The molecule has 1 aromatic heterocycles. The quantitative estimate of drug-likeness (QED) is 0.293. The molecule has 37 heavy (non-hydrogen) atoms. The summed E-state index contributed by atoms with van der Waals surface area (Å²) in [5, 5.41) is 12.2. The Labute approximate surface area is 226 Å². The standard InChI is InChI=1S/C19H25NO3S.C11H20O2/c1-12-5-7-13(8-6-12)17(21)20-15-11-14(9-10-19(2,3)4)24-16(15)18(22)23;1-9(2)8-11(12)13-10-6-4-3-5-7-10/h11-13H,5-8H2,1-4H3,(H,20,21)(H,22,23);9-10H,3-8H2,1-2H3. The van der Waals surface area contributed by atoms with E-state index in [1.54, 1.807) is 6.07 Å². The number of carbonyl (C=O) groups excluding carboxylic acids is 2. The fourth-order valence-electron chi connectivity index (χ4n) is 4.46. The summed E-state index contributed by atoms with van der Waals surface area (Å²) in [5.41, 5.74) is 0.213. The van der Waals surface area contributed by atoms with Crippen molar-refractivity contribution < 1.29 is 24.2 Å². The molecule has 0 radical (unpaired) electrons. The Morgan fingerprint density at radius 1 is 1.08 bits per heavy atom. The highest BCUT2D eigenvalue weighted by Gasteiger charge is 2.26. The summed E-state index contributed by atoms with van der Waals surface area (Å²) in [6, 6.07) is 1.68. The predicted molar refractivity (Wildman–Crippen MR) is 150 cm³/mol. The number of carbonyl (C=O) groups is 3. The summed E-state index contributed by atoms with van der Waals surface area (Å²) < 4.78 is 5.36. The van der Waals surface area contributed by atoms with Crippen LogP contribution >= 0.6 is 11.3 Å². The first-order valence-corrected chi connectivity index (χ1v) is 14.6. The second kappa shape index (κ2) is 14.6. The largest absolute Gasteiger partial charge is 0.477 e. The normalized spacial score (nSPS) is 20.2. The van der Waals surface area contributed by atoms with Crippen molar-refractivity contribution in [1.29, 1.82) is 0 Å². The number of esters is 1. The first-order chi connectivity index (χ1) is 17.3. The van der Waals surface area contributed by atoms with Crippen molar-refractivity contribution in [3.05, 3.63) is 15.8 Å². The predicted octanol–water partition coefficient (Wildman–Crippen LogP) is 7.52. The average molecular weight is 532 g/mol. The smallest absolute Gasteiger partial charge is 0.348 e. The van der Waals surface area contributed by atoms with Crippen molar-refractivity contribution in [3.63, 3.8) is 0 Å². The molecule has 0 spiro atoms. The van der Waals surface area contributed by atoms with Gasteiger partial charge in [0.05, 0.1) is 10.6 Å². The van der Waals surface area contributed by atoms with Gasteiger partial charge in [-0.05, 0) is 90.0 Å². The van der Waals surface area contributed by atoms with Gasteiger partial charge in [-0.2, -0.15) is 0 Å². The van der Waals surface area contributed by atoms with E-state index in [2.05, 4.69) is 24.1 Å². The van der Waals surface area contributed by atoms with E-state index in [1.165, 1.54) is 19.3 Å². The van der Waals surface area contributed by atoms with E-state index in [1.807, 2.05) is 34.6 Å². The van der Waals surface area contributed by atoms with Crippen LogP contribution in [0.5, 0.6) is 0 Å². The maximum Gasteiger partial charge on any atom is 0.348 e. The molecular formula is C30H45NO5S. The average Bonchev–Trinajstić information content (AvgIpc) is 3.21. The van der Waals surface area contributed by atoms with Crippen LogP contribution in [0.3, 0.4) is 0 Å². The Bertz CT molecular complexity index is 964. The third-order valence-electron chi connectivity index (χ3n) is 6.56. The summed E-state index contributed by atoms with van der Waals surface area (Å²) in [7, 11) is 0. The summed E-state index contributed by atoms with van der Waals surface area (Å²) in [5.74, 6) is 6.05. The number of nitrogens with one attached hydrogen (secondary N) is 1. The molecule has 1 heterocycles. The third kappa shape index (κ3) is 11.7. The van der Waals surface area contributed by atoms with Crippen molar-refractivity contribution in [2.24, 2.45) is 23.2 Å². The van der Waals surface area contributed by atoms with Crippen molar-refractivity contribution in [2.75, 3.05) is 5.32 Å². The maximum atomic E-state index is 12.4. The second-order valence-corrected chi connectivity index (χ2v) is 13.0. The van der Waals surface area contributed by atoms with Crippen molar-refractivity contribution in [3.8, 4) is 11.8 Å². The molecule has 2 fully saturated rings. The molecule has 0 bridgehead atoms. The van der Waals surface area contributed by atoms with Crippen LogP contribution in [0.25, 0.3) is 0 Å². The molecular weight excluding hydrogens is 486 g/mol. The van der Waals surface area contributed by atoms with Gasteiger partial charge in [0, 0.05) is 17.8 Å². The molecule has 1 aromatic rings. The van der Waals surface area contributed by atoms with Gasteiger partial charge in [0.2, 0.25) is 5.91 Å². The molecule has 0 saturated heterocycles. The summed E-state index contributed by atoms with van der Waals surface area (Å²) in [6.45, 7) is 12.3. The van der Waals surface area contributed by atoms with Gasteiger partial charge < -0.3 is 15.2 Å². The van der Waals surface area contributed by atoms with Crippen LogP contribution < -0.4 is 5.32 Å². The van der Waals surface area contributed by atoms with Gasteiger partial charge in [0.1, 0.15) is 11.0 Å². The van der Waals surface area contributed by atoms with Crippen LogP contribution in [0, 0.1) is 35.0 Å². The number of hydrogen-bond donors (Lipinski definition) is 2. The lowest BCUT2D eigenvalue weighted by atomic mass is 9.82. The van der Waals surface area contributed by atoms with E-state index in [-0.39, 0.29) is 34.2 Å². The Morgan fingerprint density at radius 2 is 1.70 bits per heavy atom. The maximum absolute atomic E-state index is 12.4. The Morgan fingerprint density at radius 3 is 2.24 bits per heavy atom. The molecule has 6 nitrogen and oxygen atoms in total. The lowest BCUT2D eigenvalue weighted by Crippen LogP contribution is -2.27. The van der Waals surface area contributed by atoms with E-state index >= 15 is 0 Å². The molecule has 2 saturated carbocycles. The summed E-state index contributed by atoms with van der Waals surface area (Å²) >= 11 is 1.11. The van der Waals surface area contributed by atoms with Crippen LogP contribution in [-0.2, 0) is 14.3 Å². The molecule has 2 N–H and O–H groups in total. The number of rotatable bonds is 6. The van der Waals surface area contributed by atoms with Gasteiger partial charge in [-0.3, -0.25) is 9.59 Å². The fourth-order valence-corrected chi connectivity index (χ4v) is 5.27. The van der Waals surface area contributed by atoms with E-state index in [0.717, 1.165) is 49.9 Å². The number of amides is 1. The molecule has 2 aliphatic carbocycles. The van der Waals surface area contributed by atoms with E-state index in [0.29, 0.717) is 28.8 Å². The SMILES string of the molecule is CC(C)CC(=O)OC1CCCCC1.CC1CCC(C(=O)Nc2cc(C#CC(C)(C)C)sc2C(=O)O)CC1. The Balaban J connectivity index is 0.000000312. The van der Waals surface area contributed by atoms with E-state index < -0.39 is 5.97 Å². The third-order valence-corrected chi connectivity index (χ3v) is 7.60. The van der Waals surface area contributed by atoms with Gasteiger partial charge in [-0.15, -0.1) is 11.3 Å². The monoisotopic (exact) mass is 531 g/mol. The van der Waals surface area contributed by atoms with Crippen LogP contribution in [0.4, 0.5) is 5.69 Å². The molecule has 0 aromatic carbocycles. The highest BCUT2D eigenvalue weighted by Crippen LogP contribution is 2.32. The number of carboxylic acids is 1. The lowest BCUT2D eigenvalue weighted by Gasteiger charge is -2.25. The van der Waals surface area contributed by atoms with E-state index in [4.69, 9.17) is 4.74 Å². The van der Waals surface area contributed by atoms with Gasteiger partial charge in [0.15, 0.2) is 0 Å². The number of carboxylic acid groups (broad SMARTS) is 1. The zero-order chi connectivity index (χ0) is 27.6. The first kappa shape index (κ1) is 30.9. The fraction of sp³-hybridized carbons (Fsp3) is 0.700. The number of thiophene rings is 1. The van der Waals surface area contributed by atoms with Gasteiger partial charge in [0.25, 0.3) is 0 Å². The van der Waals surface area contributed by atoms with Crippen LogP contribution in [0.1, 0.15) is 120 Å². The molecule has 206 valence electrons. The Hall–Kier alpha value is -2.33. The molecule has 3 rings (SSSR count). The zero-order valence-electron chi connectivity index (χ0n) is 23.4. The molecule has 1 amide bonds. The summed E-state index contributed by atoms with van der Waals surface area (Å²) in [4.78, 5) is 36.0. The molecule has 0 atom stereocenters. The second-order valence-electron chi connectivity index (χ2n) is 12.0. The Kier molecular flexibility index (Phi) is 12.2. The number of hydrogen-bond acceptors (Lipinski definition) is 5. The molecule has 2 aliphatic rings. The minimum Gasteiger partial charge on any atom is -0.477 e. The number of ether oxygens (including phenoxy) is 1. The zero-order valence-corrected chi connectivity index (χ0v) is 24.3. The van der Waals surface area contributed by atoms with Crippen molar-refractivity contribution in [1.82, 2.24) is 0 Å². The van der Waals surface area contributed by atoms with Gasteiger partial charge >= 0.3 is 11.9 Å². The highest BCUT2D eigenvalue weighted by molar-refractivity contribution is 7.15. The summed E-state index contributed by atoms with van der Waals surface area (Å²) in [6.07, 6.45) is 10.5. The van der Waals surface area contributed by atoms with Gasteiger partial charge in [-0.1, -0.05) is 39.0 Å². The number of anilines is 1.